The highest BCUT2D eigenvalue weighted by molar-refractivity contribution is 7.18. The van der Waals surface area contributed by atoms with Crippen molar-refractivity contribution in [2.45, 2.75) is 59.4 Å². The van der Waals surface area contributed by atoms with E-state index in [0.29, 0.717) is 11.9 Å². The van der Waals surface area contributed by atoms with E-state index in [1.807, 2.05) is 27.7 Å². The van der Waals surface area contributed by atoms with Crippen molar-refractivity contribution in [2.75, 3.05) is 26.2 Å². The predicted octanol–water partition coefficient (Wildman–Crippen LogP) is 3.57. The van der Waals surface area contributed by atoms with Crippen LogP contribution in [0.3, 0.4) is 0 Å². The van der Waals surface area contributed by atoms with Crippen LogP contribution < -0.4 is 10.9 Å². The molecule has 6 nitrogen and oxygen atoms in total. The Hall–Kier alpha value is -1.86. The van der Waals surface area contributed by atoms with Crippen molar-refractivity contribution in [3.05, 3.63) is 26.4 Å². The van der Waals surface area contributed by atoms with E-state index in [-0.39, 0.29) is 17.4 Å². The summed E-state index contributed by atoms with van der Waals surface area (Å²) in [5.74, 6) is -0.673. The smallest absolute Gasteiger partial charge is 0.268 e. The first kappa shape index (κ1) is 20.9. The maximum Gasteiger partial charge on any atom is 0.268 e. The van der Waals surface area contributed by atoms with Gasteiger partial charge in [-0.15, -0.1) is 11.3 Å². The molecule has 2 aromatic rings. The maximum atomic E-state index is 13.0. The largest absolute Gasteiger partial charge is 0.506 e. The van der Waals surface area contributed by atoms with Gasteiger partial charge in [0.2, 0.25) is 0 Å². The van der Waals surface area contributed by atoms with Gasteiger partial charge in [0.1, 0.15) is 16.1 Å². The molecule has 3 rings (SSSR count). The highest BCUT2D eigenvalue weighted by Crippen LogP contribution is 2.37. The van der Waals surface area contributed by atoms with E-state index in [1.165, 1.54) is 30.6 Å². The van der Waals surface area contributed by atoms with Gasteiger partial charge >= 0.3 is 0 Å². The summed E-state index contributed by atoms with van der Waals surface area (Å²) in [5, 5.41) is 14.2. The average molecular weight is 406 g/mol. The number of pyridine rings is 1. The quantitative estimate of drug-likeness (QED) is 0.721. The number of nitrogens with zero attached hydrogens (tertiary/aromatic N) is 2. The first-order valence-corrected chi connectivity index (χ1v) is 11.0. The van der Waals surface area contributed by atoms with Crippen LogP contribution in [0.4, 0.5) is 0 Å². The summed E-state index contributed by atoms with van der Waals surface area (Å²) in [7, 11) is 0. The number of hydrogen-bond donors (Lipinski definition) is 2. The van der Waals surface area contributed by atoms with Crippen molar-refractivity contribution in [3.63, 3.8) is 0 Å². The third kappa shape index (κ3) is 3.96. The van der Waals surface area contributed by atoms with Gasteiger partial charge < -0.3 is 15.3 Å². The number of hydrogen-bond acceptors (Lipinski definition) is 5. The number of piperidine rings is 1. The van der Waals surface area contributed by atoms with Gasteiger partial charge in [-0.3, -0.25) is 14.2 Å². The Morgan fingerprint density at radius 3 is 2.54 bits per heavy atom. The number of aromatic hydroxyl groups is 1. The third-order valence-corrected chi connectivity index (χ3v) is 6.83. The standard InChI is InChI=1S/C21H31N3O3S/c1-13(2)24-20(27)17(18(25)16-14(3)15(4)28-21(16)24)19(26)22-9-8-12-23-10-6-5-7-11-23/h13,25H,5-12H2,1-4H3,(H,22,26). The van der Waals surface area contributed by atoms with Crippen LogP contribution in [0.15, 0.2) is 4.79 Å². The number of aromatic nitrogens is 1. The molecule has 0 unspecified atom stereocenters. The Morgan fingerprint density at radius 1 is 1.21 bits per heavy atom. The molecule has 154 valence electrons. The van der Waals surface area contributed by atoms with Crippen molar-refractivity contribution in [1.82, 2.24) is 14.8 Å². The molecule has 1 fully saturated rings. The molecule has 28 heavy (non-hydrogen) atoms. The molecular weight excluding hydrogens is 374 g/mol. The summed E-state index contributed by atoms with van der Waals surface area (Å²) in [4.78, 5) is 30.0. The van der Waals surface area contributed by atoms with E-state index in [2.05, 4.69) is 10.2 Å². The molecule has 1 aliphatic heterocycles. The first-order chi connectivity index (χ1) is 13.3. The number of carbonyl (C=O) groups excluding carboxylic acids is 1. The van der Waals surface area contributed by atoms with E-state index < -0.39 is 11.5 Å². The number of amides is 1. The second-order valence-corrected chi connectivity index (χ2v) is 9.17. The molecular formula is C21H31N3O3S. The summed E-state index contributed by atoms with van der Waals surface area (Å²) in [6.45, 7) is 11.4. The monoisotopic (exact) mass is 405 g/mol. The second-order valence-electron chi connectivity index (χ2n) is 7.97. The van der Waals surface area contributed by atoms with E-state index in [1.54, 1.807) is 4.57 Å². The average Bonchev–Trinajstić information content (AvgIpc) is 2.94. The Labute approximate surface area is 170 Å². The number of aryl methyl sites for hydroxylation is 2. The summed E-state index contributed by atoms with van der Waals surface area (Å²) < 4.78 is 1.63. The maximum absolute atomic E-state index is 13.0. The lowest BCUT2D eigenvalue weighted by atomic mass is 10.1. The predicted molar refractivity (Wildman–Crippen MR) is 115 cm³/mol. The van der Waals surface area contributed by atoms with Crippen molar-refractivity contribution in [3.8, 4) is 5.75 Å². The van der Waals surface area contributed by atoms with Crippen LogP contribution in [-0.4, -0.2) is 46.7 Å². The van der Waals surface area contributed by atoms with Gasteiger partial charge in [0.05, 0.1) is 5.39 Å². The van der Waals surface area contributed by atoms with E-state index in [9.17, 15) is 14.7 Å². The summed E-state index contributed by atoms with van der Waals surface area (Å²) >= 11 is 1.49. The summed E-state index contributed by atoms with van der Waals surface area (Å²) in [5.41, 5.74) is 0.362. The zero-order chi connectivity index (χ0) is 20.4. The molecule has 0 aromatic carbocycles. The van der Waals surface area contributed by atoms with Crippen molar-refractivity contribution < 1.29 is 9.90 Å². The minimum absolute atomic E-state index is 0.0984. The summed E-state index contributed by atoms with van der Waals surface area (Å²) in [6.07, 6.45) is 4.63. The van der Waals surface area contributed by atoms with Gasteiger partial charge in [0.15, 0.2) is 0 Å². The minimum atomic E-state index is -0.485. The topological polar surface area (TPSA) is 74.6 Å². The third-order valence-electron chi connectivity index (χ3n) is 5.62. The van der Waals surface area contributed by atoms with Crippen LogP contribution in [-0.2, 0) is 0 Å². The molecule has 0 aliphatic carbocycles. The number of thiophene rings is 1. The van der Waals surface area contributed by atoms with Gasteiger partial charge in [-0.2, -0.15) is 0 Å². The van der Waals surface area contributed by atoms with Gasteiger partial charge in [0, 0.05) is 17.5 Å². The SMILES string of the molecule is Cc1sc2c(c1C)c(O)c(C(=O)NCCCN1CCCCC1)c(=O)n2C(C)C. The molecule has 1 aliphatic rings. The van der Waals surface area contributed by atoms with Gasteiger partial charge in [-0.1, -0.05) is 6.42 Å². The molecule has 3 heterocycles. The molecule has 0 radical (unpaired) electrons. The molecule has 0 bridgehead atoms. The number of fused-ring (bicyclic) bond motifs is 1. The molecule has 2 N–H and O–H groups in total. The lowest BCUT2D eigenvalue weighted by molar-refractivity contribution is 0.0946. The Balaban J connectivity index is 1.82. The lowest BCUT2D eigenvalue weighted by Gasteiger charge is -2.26. The van der Waals surface area contributed by atoms with E-state index in [4.69, 9.17) is 0 Å². The zero-order valence-corrected chi connectivity index (χ0v) is 18.1. The highest BCUT2D eigenvalue weighted by atomic mass is 32.1. The lowest BCUT2D eigenvalue weighted by Crippen LogP contribution is -2.36. The van der Waals surface area contributed by atoms with E-state index in [0.717, 1.165) is 41.3 Å². The molecule has 0 atom stereocenters. The molecule has 2 aromatic heterocycles. The van der Waals surface area contributed by atoms with Gasteiger partial charge in [0.25, 0.3) is 11.5 Å². The van der Waals surface area contributed by atoms with Crippen LogP contribution in [0, 0.1) is 13.8 Å². The van der Waals surface area contributed by atoms with E-state index >= 15 is 0 Å². The fraction of sp³-hybridized carbons (Fsp3) is 0.619. The Kier molecular flexibility index (Phi) is 6.45. The molecule has 1 saturated heterocycles. The van der Waals surface area contributed by atoms with Gasteiger partial charge in [-0.05, 0) is 72.2 Å². The number of rotatable bonds is 6. The normalized spacial score (nSPS) is 15.5. The zero-order valence-electron chi connectivity index (χ0n) is 17.3. The van der Waals surface area contributed by atoms with Crippen LogP contribution in [0.25, 0.3) is 10.2 Å². The molecule has 0 saturated carbocycles. The molecule has 1 amide bonds. The second kappa shape index (κ2) is 8.66. The van der Waals surface area contributed by atoms with Crippen molar-refractivity contribution in [2.24, 2.45) is 0 Å². The Bertz CT molecular complexity index is 923. The highest BCUT2D eigenvalue weighted by Gasteiger charge is 2.26. The van der Waals surface area contributed by atoms with Crippen molar-refractivity contribution in [1.29, 1.82) is 0 Å². The number of likely N-dealkylation sites (tertiary alicyclic amines) is 1. The molecule has 0 spiro atoms. The van der Waals surface area contributed by atoms with Gasteiger partial charge in [-0.25, -0.2) is 0 Å². The van der Waals surface area contributed by atoms with Crippen LogP contribution in [0.1, 0.15) is 66.4 Å². The first-order valence-electron chi connectivity index (χ1n) is 10.2. The Morgan fingerprint density at radius 2 is 1.89 bits per heavy atom. The number of nitrogens with one attached hydrogen (secondary N) is 1. The summed E-state index contributed by atoms with van der Waals surface area (Å²) in [6, 6.07) is -0.0984. The number of carbonyl (C=O) groups is 1. The van der Waals surface area contributed by atoms with Crippen LogP contribution in [0.5, 0.6) is 5.75 Å². The van der Waals surface area contributed by atoms with Crippen LogP contribution in [0.2, 0.25) is 0 Å². The molecule has 7 heteroatoms. The fourth-order valence-corrected chi connectivity index (χ4v) is 5.24. The fourth-order valence-electron chi connectivity index (χ4n) is 3.95. The van der Waals surface area contributed by atoms with Crippen LogP contribution >= 0.6 is 11.3 Å². The van der Waals surface area contributed by atoms with Crippen molar-refractivity contribution >= 4 is 27.5 Å². The minimum Gasteiger partial charge on any atom is -0.506 e.